The molecular formula is C50H86BrN3O4. The van der Waals surface area contributed by atoms with Crippen LogP contribution >= 0.6 is 15.9 Å². The van der Waals surface area contributed by atoms with Crippen molar-refractivity contribution in [2.75, 3.05) is 39.1 Å². The Hall–Kier alpha value is -2.47. The fourth-order valence-corrected chi connectivity index (χ4v) is 7.63. The Labute approximate surface area is 365 Å². The van der Waals surface area contributed by atoms with E-state index in [4.69, 9.17) is 5.26 Å². The first-order valence-electron chi connectivity index (χ1n) is 22.6. The third kappa shape index (κ3) is 25.2. The Balaban J connectivity index is 0. The zero-order valence-corrected chi connectivity index (χ0v) is 41.2. The van der Waals surface area contributed by atoms with Crippen LogP contribution in [0, 0.1) is 23.2 Å². The Morgan fingerprint density at radius 1 is 0.534 bits per heavy atom. The maximum absolute atomic E-state index is 12.4. The number of nitrogens with zero attached hydrogens (tertiary/aromatic N) is 2. The molecule has 0 saturated carbocycles. The van der Waals surface area contributed by atoms with E-state index in [9.17, 15) is 19.2 Å². The van der Waals surface area contributed by atoms with Crippen LogP contribution in [0.3, 0.4) is 0 Å². The molecule has 8 heteroatoms. The summed E-state index contributed by atoms with van der Waals surface area (Å²) in [4.78, 5) is 51.4. The van der Waals surface area contributed by atoms with Gasteiger partial charge in [0, 0.05) is 63.4 Å². The second-order valence-electron chi connectivity index (χ2n) is 17.2. The van der Waals surface area contributed by atoms with E-state index in [2.05, 4.69) is 60.9 Å². The highest BCUT2D eigenvalue weighted by Gasteiger charge is 2.28. The molecule has 2 aliphatic carbocycles. The number of rotatable bonds is 25. The summed E-state index contributed by atoms with van der Waals surface area (Å²) < 4.78 is 0. The molecule has 2 aliphatic rings. The summed E-state index contributed by atoms with van der Waals surface area (Å²) in [6.07, 6.45) is 21.4. The predicted molar refractivity (Wildman–Crippen MR) is 251 cm³/mol. The lowest BCUT2D eigenvalue weighted by molar-refractivity contribution is -0.116. The largest absolute Gasteiger partial charge is 0.319 e. The van der Waals surface area contributed by atoms with Crippen molar-refractivity contribution in [2.45, 2.75) is 192 Å². The van der Waals surface area contributed by atoms with Gasteiger partial charge in [-0.05, 0) is 119 Å². The molecule has 0 aromatic carbocycles. The van der Waals surface area contributed by atoms with Gasteiger partial charge in [0.15, 0.2) is 23.1 Å². The summed E-state index contributed by atoms with van der Waals surface area (Å²) in [6, 6.07) is 1.75. The average Bonchev–Trinajstić information content (AvgIpc) is 3.17. The number of carbonyl (C=O) groups excluding carboxylic acids is 4. The lowest BCUT2D eigenvalue weighted by atomic mass is 9.84. The molecule has 2 rings (SSSR count). The van der Waals surface area contributed by atoms with Crippen molar-refractivity contribution in [3.05, 3.63) is 44.6 Å². The van der Waals surface area contributed by atoms with Crippen LogP contribution in [0.2, 0.25) is 0 Å². The zero-order valence-electron chi connectivity index (χ0n) is 39.6. The molecule has 58 heavy (non-hydrogen) atoms. The van der Waals surface area contributed by atoms with Gasteiger partial charge in [-0.1, -0.05) is 121 Å². The smallest absolute Gasteiger partial charge is 0.185 e. The van der Waals surface area contributed by atoms with Crippen molar-refractivity contribution in [1.29, 1.82) is 5.26 Å². The number of Topliss-reactive ketones (excluding diaryl/α,β-unsaturated/α-hetero) is 4. The molecule has 0 aromatic rings. The molecule has 0 amide bonds. The minimum absolute atomic E-state index is 0.0545. The summed E-state index contributed by atoms with van der Waals surface area (Å²) in [5.74, 6) is 1.83. The Bertz CT molecular complexity index is 1410. The molecule has 0 saturated heterocycles. The Morgan fingerprint density at radius 2 is 0.845 bits per heavy atom. The molecule has 0 aliphatic heterocycles. The highest BCUT2D eigenvalue weighted by molar-refractivity contribution is 9.09. The van der Waals surface area contributed by atoms with Gasteiger partial charge in [0.2, 0.25) is 0 Å². The van der Waals surface area contributed by atoms with Crippen LogP contribution in [0.5, 0.6) is 0 Å². The summed E-state index contributed by atoms with van der Waals surface area (Å²) in [5.41, 5.74) is 5.37. The van der Waals surface area contributed by atoms with Gasteiger partial charge in [-0.3, -0.25) is 19.2 Å². The van der Waals surface area contributed by atoms with Crippen molar-refractivity contribution in [3.8, 4) is 6.07 Å². The lowest BCUT2D eigenvalue weighted by Crippen LogP contribution is -2.24. The Kier molecular flexibility index (Phi) is 35.1. The van der Waals surface area contributed by atoms with Crippen molar-refractivity contribution in [2.24, 2.45) is 11.8 Å². The molecule has 0 heterocycles. The average molecular weight is 873 g/mol. The van der Waals surface area contributed by atoms with Crippen LogP contribution < -0.4 is 5.32 Å². The minimum atomic E-state index is 0.0545. The van der Waals surface area contributed by atoms with E-state index in [1.54, 1.807) is 40.7 Å². The summed E-state index contributed by atoms with van der Waals surface area (Å²) in [7, 11) is 4.19. The Morgan fingerprint density at radius 3 is 1.14 bits per heavy atom. The highest BCUT2D eigenvalue weighted by Crippen LogP contribution is 2.29. The van der Waals surface area contributed by atoms with E-state index in [1.807, 2.05) is 14.0 Å². The van der Waals surface area contributed by atoms with Crippen LogP contribution in [0.15, 0.2) is 44.6 Å². The van der Waals surface area contributed by atoms with E-state index in [0.29, 0.717) is 33.4 Å². The fourth-order valence-electron chi connectivity index (χ4n) is 7.24. The summed E-state index contributed by atoms with van der Waals surface area (Å²) in [6.45, 7) is 24.6. The molecule has 7 nitrogen and oxygen atoms in total. The zero-order chi connectivity index (χ0) is 44.6. The first-order valence-corrected chi connectivity index (χ1v) is 23.7. The number of allylic oxidation sites excluding steroid dienone is 8. The number of alkyl halides is 1. The lowest BCUT2D eigenvalue weighted by Gasteiger charge is -2.18. The van der Waals surface area contributed by atoms with Crippen molar-refractivity contribution < 1.29 is 19.2 Å². The van der Waals surface area contributed by atoms with Crippen LogP contribution in [0.1, 0.15) is 192 Å². The number of unbranched alkanes of at least 4 members (excludes halogenated alkanes) is 14. The monoisotopic (exact) mass is 872 g/mol. The molecule has 0 radical (unpaired) electrons. The number of ketones is 4. The van der Waals surface area contributed by atoms with E-state index >= 15 is 0 Å². The van der Waals surface area contributed by atoms with Crippen molar-refractivity contribution in [1.82, 2.24) is 10.2 Å². The molecule has 0 fully saturated rings. The first kappa shape index (κ1) is 57.6. The predicted octanol–water partition coefficient (Wildman–Crippen LogP) is 13.0. The molecule has 0 aromatic heterocycles. The van der Waals surface area contributed by atoms with E-state index < -0.39 is 0 Å². The normalized spacial score (nSPS) is 14.6. The summed E-state index contributed by atoms with van der Waals surface area (Å²) in [5, 5.41) is 11.5. The molecule has 0 atom stereocenters. The number of hydrogen-bond donors (Lipinski definition) is 1. The van der Waals surface area contributed by atoms with Crippen molar-refractivity contribution in [3.63, 3.8) is 0 Å². The van der Waals surface area contributed by atoms with Gasteiger partial charge >= 0.3 is 0 Å². The second-order valence-corrected chi connectivity index (χ2v) is 18.0. The van der Waals surface area contributed by atoms with Crippen LogP contribution in [0.4, 0.5) is 0 Å². The third-order valence-corrected chi connectivity index (χ3v) is 11.5. The number of nitriles is 1. The highest BCUT2D eigenvalue weighted by atomic mass is 79.9. The minimum Gasteiger partial charge on any atom is -0.319 e. The van der Waals surface area contributed by atoms with Gasteiger partial charge in [-0.2, -0.15) is 5.26 Å². The van der Waals surface area contributed by atoms with Gasteiger partial charge in [0.25, 0.3) is 0 Å². The summed E-state index contributed by atoms with van der Waals surface area (Å²) >= 11 is 3.45. The number of halogens is 1. The van der Waals surface area contributed by atoms with E-state index in [1.165, 1.54) is 97.1 Å². The topological polar surface area (TPSA) is 107 Å². The standard InChI is InChI=1S/C24H41NO2.C19H29BrO2.C5H13N.C2H3N/c1-18(2)17-25(6)16-14-12-10-8-7-9-11-13-15-22-21(5)23(26)19(3)20(4)24(22)27;1-14-15(2)19(22)17(16(3)18(14)21)12-10-8-6-4-5-7-9-11-13-20;1-5(2)4-6-3;1-2-3/h18H,7-17H2,1-6H3;4-13H2,1-3H3;5-6H,4H2,1-3H3;1H3. The van der Waals surface area contributed by atoms with E-state index in [0.717, 1.165) is 73.4 Å². The maximum atomic E-state index is 12.4. The van der Waals surface area contributed by atoms with Gasteiger partial charge < -0.3 is 10.2 Å². The van der Waals surface area contributed by atoms with E-state index in [-0.39, 0.29) is 23.1 Å². The molecule has 0 spiro atoms. The van der Waals surface area contributed by atoms with Gasteiger partial charge in [-0.15, -0.1) is 0 Å². The number of hydrogen-bond acceptors (Lipinski definition) is 7. The molecular weight excluding hydrogens is 786 g/mol. The fraction of sp³-hybridized carbons (Fsp3) is 0.740. The van der Waals surface area contributed by atoms with Crippen LogP contribution in [0.25, 0.3) is 0 Å². The number of nitrogens with one attached hydrogen (secondary N) is 1. The molecule has 332 valence electrons. The van der Waals surface area contributed by atoms with Crippen LogP contribution in [-0.4, -0.2) is 67.1 Å². The first-order chi connectivity index (χ1) is 27.4. The molecule has 0 unspecified atom stereocenters. The quantitative estimate of drug-likeness (QED) is 0.0553. The molecule has 0 bridgehead atoms. The van der Waals surface area contributed by atoms with Gasteiger partial charge in [-0.25, -0.2) is 0 Å². The molecule has 1 N–H and O–H groups in total. The number of carbonyl (C=O) groups is 4. The van der Waals surface area contributed by atoms with Gasteiger partial charge in [0.05, 0.1) is 6.07 Å². The second kappa shape index (κ2) is 35.3. The van der Waals surface area contributed by atoms with Crippen molar-refractivity contribution >= 4 is 39.1 Å². The third-order valence-electron chi connectivity index (χ3n) is 10.9. The van der Waals surface area contributed by atoms with Gasteiger partial charge in [0.1, 0.15) is 0 Å². The SMILES string of the molecule is CC#N.CC1=C(C)C(=O)C(CCCCCCCCCCBr)=C(C)C1=O.CC1=C(C)C(=O)C(CCCCCCCCCCN(C)CC(C)C)=C(C)C1=O.CNCC(C)C. The maximum Gasteiger partial charge on any atom is 0.185 e. The van der Waals surface area contributed by atoms with Crippen LogP contribution in [-0.2, 0) is 19.2 Å².